The first-order valence-corrected chi connectivity index (χ1v) is 6.00. The fourth-order valence-corrected chi connectivity index (χ4v) is 2.19. The van der Waals surface area contributed by atoms with Crippen molar-refractivity contribution in [3.63, 3.8) is 0 Å². The fourth-order valence-electron chi connectivity index (χ4n) is 2.09. The molecule has 0 amide bonds. The molecule has 0 radical (unpaired) electrons. The van der Waals surface area contributed by atoms with E-state index < -0.39 is 5.60 Å². The maximum atomic E-state index is 10.1. The minimum Gasteiger partial charge on any atom is -0.390 e. The van der Waals surface area contributed by atoms with Gasteiger partial charge in [0.05, 0.1) is 23.0 Å². The summed E-state index contributed by atoms with van der Waals surface area (Å²) >= 11 is 5.68. The summed E-state index contributed by atoms with van der Waals surface area (Å²) in [5.41, 5.74) is -0.473. The van der Waals surface area contributed by atoms with Gasteiger partial charge in [0, 0.05) is 6.54 Å². The molecule has 0 saturated heterocycles. The van der Waals surface area contributed by atoms with Crippen molar-refractivity contribution in [2.45, 2.75) is 37.7 Å². The molecule has 2 rings (SSSR count). The lowest BCUT2D eigenvalue weighted by atomic mass is 9.98. The standard InChI is InChI=1S/C11H16ClN3O/c12-9-7-14-10(15-8-9)13-6-5-11(16)3-1-2-4-11/h7-8,16H,1-6H2,(H,13,14,15). The summed E-state index contributed by atoms with van der Waals surface area (Å²) in [4.78, 5) is 8.06. The molecule has 1 fully saturated rings. The van der Waals surface area contributed by atoms with Crippen molar-refractivity contribution in [2.24, 2.45) is 0 Å². The highest BCUT2D eigenvalue weighted by Gasteiger charge is 2.30. The Kier molecular flexibility index (Phi) is 3.61. The molecular weight excluding hydrogens is 226 g/mol. The molecule has 1 heterocycles. The average Bonchev–Trinajstić information content (AvgIpc) is 2.69. The smallest absolute Gasteiger partial charge is 0.222 e. The van der Waals surface area contributed by atoms with Crippen LogP contribution in [0.3, 0.4) is 0 Å². The number of rotatable bonds is 4. The third-order valence-electron chi connectivity index (χ3n) is 3.03. The van der Waals surface area contributed by atoms with Gasteiger partial charge in [-0.25, -0.2) is 9.97 Å². The van der Waals surface area contributed by atoms with Crippen molar-refractivity contribution in [2.75, 3.05) is 11.9 Å². The molecule has 0 spiro atoms. The van der Waals surface area contributed by atoms with Crippen LogP contribution in [0.25, 0.3) is 0 Å². The highest BCUT2D eigenvalue weighted by Crippen LogP contribution is 2.31. The first kappa shape index (κ1) is 11.6. The third kappa shape index (κ3) is 3.06. The highest BCUT2D eigenvalue weighted by molar-refractivity contribution is 6.30. The Labute approximate surface area is 100 Å². The molecule has 0 aliphatic heterocycles. The van der Waals surface area contributed by atoms with Crippen LogP contribution in [0.1, 0.15) is 32.1 Å². The Morgan fingerprint density at radius 3 is 2.56 bits per heavy atom. The third-order valence-corrected chi connectivity index (χ3v) is 3.22. The molecule has 1 aliphatic rings. The van der Waals surface area contributed by atoms with Gasteiger partial charge in [-0.15, -0.1) is 0 Å². The monoisotopic (exact) mass is 241 g/mol. The van der Waals surface area contributed by atoms with Crippen molar-refractivity contribution in [1.29, 1.82) is 0 Å². The van der Waals surface area contributed by atoms with Crippen LogP contribution in [0.2, 0.25) is 5.02 Å². The van der Waals surface area contributed by atoms with Crippen LogP contribution in [-0.2, 0) is 0 Å². The van der Waals surface area contributed by atoms with Gasteiger partial charge in [-0.3, -0.25) is 0 Å². The molecule has 1 aromatic heterocycles. The predicted octanol–water partition coefficient (Wildman–Crippen LogP) is 2.24. The number of anilines is 1. The summed E-state index contributed by atoms with van der Waals surface area (Å²) in [5.74, 6) is 0.561. The maximum absolute atomic E-state index is 10.1. The van der Waals surface area contributed by atoms with E-state index in [1.165, 1.54) is 0 Å². The number of hydrogen-bond donors (Lipinski definition) is 2. The number of nitrogens with zero attached hydrogens (tertiary/aromatic N) is 2. The Balaban J connectivity index is 1.77. The second-order valence-electron chi connectivity index (χ2n) is 4.33. The van der Waals surface area contributed by atoms with Crippen molar-refractivity contribution in [3.05, 3.63) is 17.4 Å². The van der Waals surface area contributed by atoms with Gasteiger partial charge < -0.3 is 10.4 Å². The van der Waals surface area contributed by atoms with Crippen LogP contribution in [-0.4, -0.2) is 27.2 Å². The minimum atomic E-state index is -0.473. The summed E-state index contributed by atoms with van der Waals surface area (Å²) in [6.45, 7) is 0.693. The zero-order chi connectivity index (χ0) is 11.4. The van der Waals surface area contributed by atoms with Crippen LogP contribution in [0.15, 0.2) is 12.4 Å². The lowest BCUT2D eigenvalue weighted by molar-refractivity contribution is 0.0424. The van der Waals surface area contributed by atoms with E-state index >= 15 is 0 Å². The molecule has 4 nitrogen and oxygen atoms in total. The van der Waals surface area contributed by atoms with Crippen molar-refractivity contribution < 1.29 is 5.11 Å². The van der Waals surface area contributed by atoms with Crippen LogP contribution in [0, 0.1) is 0 Å². The second kappa shape index (κ2) is 4.97. The van der Waals surface area contributed by atoms with Crippen molar-refractivity contribution in [3.8, 4) is 0 Å². The second-order valence-corrected chi connectivity index (χ2v) is 4.77. The molecule has 1 aromatic rings. The van der Waals surface area contributed by atoms with Gasteiger partial charge in [0.15, 0.2) is 0 Å². The summed E-state index contributed by atoms with van der Waals surface area (Å²) in [6, 6.07) is 0. The van der Waals surface area contributed by atoms with Gasteiger partial charge >= 0.3 is 0 Å². The molecule has 0 unspecified atom stereocenters. The first-order chi connectivity index (χ1) is 7.68. The molecule has 5 heteroatoms. The molecule has 0 aromatic carbocycles. The molecule has 0 bridgehead atoms. The van der Waals surface area contributed by atoms with Gasteiger partial charge in [-0.1, -0.05) is 24.4 Å². The fraction of sp³-hybridized carbons (Fsp3) is 0.636. The zero-order valence-electron chi connectivity index (χ0n) is 9.12. The molecule has 0 atom stereocenters. The van der Waals surface area contributed by atoms with E-state index in [1.807, 2.05) is 0 Å². The van der Waals surface area contributed by atoms with Gasteiger partial charge in [0.25, 0.3) is 0 Å². The van der Waals surface area contributed by atoms with E-state index in [9.17, 15) is 5.11 Å². The van der Waals surface area contributed by atoms with E-state index in [0.717, 1.165) is 32.1 Å². The van der Waals surface area contributed by atoms with Crippen LogP contribution in [0.4, 0.5) is 5.95 Å². The Hall–Kier alpha value is -0.870. The zero-order valence-corrected chi connectivity index (χ0v) is 9.87. The maximum Gasteiger partial charge on any atom is 0.222 e. The molecule has 2 N–H and O–H groups in total. The normalized spacial score (nSPS) is 18.6. The average molecular weight is 242 g/mol. The number of aromatic nitrogens is 2. The Morgan fingerprint density at radius 2 is 1.94 bits per heavy atom. The first-order valence-electron chi connectivity index (χ1n) is 5.62. The number of halogens is 1. The van der Waals surface area contributed by atoms with Crippen molar-refractivity contribution >= 4 is 17.5 Å². The lowest BCUT2D eigenvalue weighted by Gasteiger charge is -2.21. The topological polar surface area (TPSA) is 58.0 Å². The summed E-state index contributed by atoms with van der Waals surface area (Å²) in [6.07, 6.45) is 7.95. The lowest BCUT2D eigenvalue weighted by Crippen LogP contribution is -2.27. The van der Waals surface area contributed by atoms with E-state index in [0.29, 0.717) is 17.5 Å². The van der Waals surface area contributed by atoms with E-state index in [2.05, 4.69) is 15.3 Å². The molecule has 88 valence electrons. The van der Waals surface area contributed by atoms with Crippen molar-refractivity contribution in [1.82, 2.24) is 9.97 Å². The van der Waals surface area contributed by atoms with Crippen LogP contribution in [0.5, 0.6) is 0 Å². The number of aliphatic hydroxyl groups is 1. The molecule has 1 aliphatic carbocycles. The number of nitrogens with one attached hydrogen (secondary N) is 1. The molecule has 1 saturated carbocycles. The predicted molar refractivity (Wildman–Crippen MR) is 63.6 cm³/mol. The van der Waals surface area contributed by atoms with Gasteiger partial charge in [-0.05, 0) is 19.3 Å². The van der Waals surface area contributed by atoms with E-state index in [-0.39, 0.29) is 0 Å². The molecule has 16 heavy (non-hydrogen) atoms. The van der Waals surface area contributed by atoms with Gasteiger partial charge in [0.1, 0.15) is 0 Å². The van der Waals surface area contributed by atoms with Gasteiger partial charge in [0.2, 0.25) is 5.95 Å². The Morgan fingerprint density at radius 1 is 1.31 bits per heavy atom. The van der Waals surface area contributed by atoms with E-state index in [4.69, 9.17) is 11.6 Å². The SMILES string of the molecule is OC1(CCNc2ncc(Cl)cn2)CCCC1. The largest absolute Gasteiger partial charge is 0.390 e. The molecular formula is C11H16ClN3O. The summed E-state index contributed by atoms with van der Waals surface area (Å²) in [5, 5.41) is 13.7. The Bertz CT molecular complexity index is 336. The highest BCUT2D eigenvalue weighted by atomic mass is 35.5. The van der Waals surface area contributed by atoms with E-state index in [1.54, 1.807) is 12.4 Å². The summed E-state index contributed by atoms with van der Waals surface area (Å²) in [7, 11) is 0. The minimum absolute atomic E-state index is 0.473. The quantitative estimate of drug-likeness (QED) is 0.849. The number of hydrogen-bond acceptors (Lipinski definition) is 4. The van der Waals surface area contributed by atoms with Gasteiger partial charge in [-0.2, -0.15) is 0 Å². The summed E-state index contributed by atoms with van der Waals surface area (Å²) < 4.78 is 0. The van der Waals surface area contributed by atoms with Crippen LogP contribution < -0.4 is 5.32 Å². The van der Waals surface area contributed by atoms with Crippen LogP contribution >= 0.6 is 11.6 Å².